The van der Waals surface area contributed by atoms with E-state index in [-0.39, 0.29) is 11.5 Å². The summed E-state index contributed by atoms with van der Waals surface area (Å²) in [6, 6.07) is 20.8. The molecule has 0 radical (unpaired) electrons. The van der Waals surface area contributed by atoms with Gasteiger partial charge >= 0.3 is 0 Å². The Labute approximate surface area is 190 Å². The number of amides is 1. The molecule has 0 saturated heterocycles. The van der Waals surface area contributed by atoms with E-state index in [0.29, 0.717) is 39.6 Å². The van der Waals surface area contributed by atoms with Crippen molar-refractivity contribution in [2.75, 3.05) is 7.11 Å². The summed E-state index contributed by atoms with van der Waals surface area (Å²) < 4.78 is 6.63. The topological polar surface area (TPSA) is 73.2 Å². The van der Waals surface area contributed by atoms with Crippen molar-refractivity contribution in [3.8, 4) is 5.69 Å². The molecule has 6 nitrogen and oxygen atoms in total. The van der Waals surface area contributed by atoms with Crippen molar-refractivity contribution in [2.45, 2.75) is 19.6 Å². The first-order valence-electron chi connectivity index (χ1n) is 10.1. The van der Waals surface area contributed by atoms with Crippen LogP contribution in [0.5, 0.6) is 0 Å². The lowest BCUT2D eigenvalue weighted by Gasteiger charge is -2.20. The Morgan fingerprint density at radius 3 is 2.44 bits per heavy atom. The van der Waals surface area contributed by atoms with Crippen LogP contribution >= 0.6 is 11.6 Å². The lowest BCUT2D eigenvalue weighted by Crippen LogP contribution is -2.33. The van der Waals surface area contributed by atoms with Gasteiger partial charge in [-0.3, -0.25) is 14.2 Å². The molecule has 0 aliphatic carbocycles. The monoisotopic (exact) mass is 447 g/mol. The van der Waals surface area contributed by atoms with Crippen LogP contribution in [0, 0.1) is 0 Å². The molecule has 1 atom stereocenters. The van der Waals surface area contributed by atoms with Crippen LogP contribution < -0.4 is 10.9 Å². The van der Waals surface area contributed by atoms with Gasteiger partial charge < -0.3 is 10.1 Å². The number of halogens is 1. The van der Waals surface area contributed by atoms with E-state index in [1.807, 2.05) is 18.2 Å². The number of hydrogen-bond acceptors (Lipinski definition) is 4. The van der Waals surface area contributed by atoms with Crippen LogP contribution in [-0.2, 0) is 11.3 Å². The molecular weight excluding hydrogens is 426 g/mol. The molecule has 162 valence electrons. The number of hydrogen-bond donors (Lipinski definition) is 1. The number of benzene rings is 3. The summed E-state index contributed by atoms with van der Waals surface area (Å²) in [4.78, 5) is 30.9. The predicted octanol–water partition coefficient (Wildman–Crippen LogP) is 4.68. The number of carbonyl (C=O) groups excluding carboxylic acids is 1. The van der Waals surface area contributed by atoms with E-state index < -0.39 is 6.04 Å². The molecule has 0 aliphatic heterocycles. The van der Waals surface area contributed by atoms with Crippen LogP contribution in [0.2, 0.25) is 5.02 Å². The van der Waals surface area contributed by atoms with Crippen LogP contribution in [0.15, 0.2) is 77.6 Å². The van der Waals surface area contributed by atoms with Crippen molar-refractivity contribution in [2.24, 2.45) is 0 Å². The van der Waals surface area contributed by atoms with Crippen LogP contribution in [0.3, 0.4) is 0 Å². The molecule has 1 aromatic heterocycles. The third-order valence-electron chi connectivity index (χ3n) is 5.15. The Morgan fingerprint density at radius 1 is 1.06 bits per heavy atom. The van der Waals surface area contributed by atoms with Crippen molar-refractivity contribution >= 4 is 28.4 Å². The second kappa shape index (κ2) is 9.34. The summed E-state index contributed by atoms with van der Waals surface area (Å²) in [5, 5.41) is 4.02. The second-order valence-electron chi connectivity index (χ2n) is 7.43. The largest absolute Gasteiger partial charge is 0.380 e. The first-order valence-corrected chi connectivity index (χ1v) is 10.5. The number of rotatable bonds is 6. The fourth-order valence-corrected chi connectivity index (χ4v) is 3.67. The Balaban J connectivity index is 1.73. The number of carbonyl (C=O) groups is 1. The first kappa shape index (κ1) is 21.7. The normalized spacial score (nSPS) is 12.0. The highest BCUT2D eigenvalue weighted by Gasteiger charge is 2.20. The molecule has 1 heterocycles. The molecule has 0 fully saturated rings. The van der Waals surface area contributed by atoms with E-state index >= 15 is 0 Å². The summed E-state index contributed by atoms with van der Waals surface area (Å²) in [6.45, 7) is 2.28. The van der Waals surface area contributed by atoms with Crippen LogP contribution in [0.4, 0.5) is 0 Å². The van der Waals surface area contributed by atoms with Gasteiger partial charge in [-0.1, -0.05) is 35.9 Å². The maximum atomic E-state index is 13.4. The smallest absolute Gasteiger partial charge is 0.266 e. The van der Waals surface area contributed by atoms with Crippen LogP contribution in [-0.4, -0.2) is 22.6 Å². The van der Waals surface area contributed by atoms with E-state index in [1.165, 1.54) is 4.57 Å². The quantitative estimate of drug-likeness (QED) is 0.466. The molecule has 4 aromatic rings. The molecule has 0 saturated carbocycles. The van der Waals surface area contributed by atoms with Crippen molar-refractivity contribution in [1.82, 2.24) is 14.9 Å². The molecule has 0 spiro atoms. The Morgan fingerprint density at radius 2 is 1.75 bits per heavy atom. The van der Waals surface area contributed by atoms with Gasteiger partial charge in [-0.2, -0.15) is 0 Å². The zero-order valence-electron chi connectivity index (χ0n) is 17.7. The van der Waals surface area contributed by atoms with Gasteiger partial charge in [0.15, 0.2) is 0 Å². The summed E-state index contributed by atoms with van der Waals surface area (Å²) in [5.41, 5.74) is 2.47. The average Bonchev–Trinajstić information content (AvgIpc) is 2.80. The highest BCUT2D eigenvalue weighted by atomic mass is 35.5. The molecule has 4 rings (SSSR count). The summed E-state index contributed by atoms with van der Waals surface area (Å²) >= 11 is 6.04. The van der Waals surface area contributed by atoms with Crippen molar-refractivity contribution in [3.05, 3.63) is 105 Å². The minimum atomic E-state index is -0.533. The maximum Gasteiger partial charge on any atom is 0.266 e. The third-order valence-corrected chi connectivity index (χ3v) is 5.40. The SMILES string of the molecule is COCc1ccc(C(=O)NC(C)c2nc3ccccc3c(=O)n2-c2ccc(Cl)cc2)cc1. The molecular formula is C25H22ClN3O3. The second-order valence-corrected chi connectivity index (χ2v) is 7.87. The van der Waals surface area contributed by atoms with E-state index in [2.05, 4.69) is 5.32 Å². The lowest BCUT2D eigenvalue weighted by atomic mass is 10.1. The number of fused-ring (bicyclic) bond motifs is 1. The Bertz CT molecular complexity index is 1320. The van der Waals surface area contributed by atoms with Gasteiger partial charge in [0.2, 0.25) is 0 Å². The minimum absolute atomic E-state index is 0.210. The number of aromatic nitrogens is 2. The van der Waals surface area contributed by atoms with Crippen LogP contribution in [0.25, 0.3) is 16.6 Å². The molecule has 1 N–H and O–H groups in total. The molecule has 3 aromatic carbocycles. The molecule has 32 heavy (non-hydrogen) atoms. The van der Waals surface area contributed by atoms with Gasteiger partial charge in [-0.05, 0) is 61.0 Å². The molecule has 1 amide bonds. The highest BCUT2D eigenvalue weighted by Crippen LogP contribution is 2.20. The molecule has 0 bridgehead atoms. The van der Waals surface area contributed by atoms with Gasteiger partial charge in [0.1, 0.15) is 5.82 Å². The zero-order valence-corrected chi connectivity index (χ0v) is 18.5. The number of nitrogens with zero attached hydrogens (tertiary/aromatic N) is 2. The van der Waals surface area contributed by atoms with Crippen molar-refractivity contribution < 1.29 is 9.53 Å². The Hall–Kier alpha value is -3.48. The average molecular weight is 448 g/mol. The fraction of sp³-hybridized carbons (Fsp3) is 0.160. The van der Waals surface area contributed by atoms with Gasteiger partial charge in [0, 0.05) is 17.7 Å². The Kier molecular flexibility index (Phi) is 6.35. The van der Waals surface area contributed by atoms with Gasteiger partial charge in [0.25, 0.3) is 11.5 Å². The molecule has 0 aliphatic rings. The van der Waals surface area contributed by atoms with Crippen LogP contribution in [0.1, 0.15) is 34.7 Å². The van der Waals surface area contributed by atoms with E-state index in [9.17, 15) is 9.59 Å². The van der Waals surface area contributed by atoms with E-state index in [0.717, 1.165) is 5.56 Å². The third kappa shape index (κ3) is 4.42. The lowest BCUT2D eigenvalue weighted by molar-refractivity contribution is 0.0937. The number of para-hydroxylation sites is 1. The standard InChI is InChI=1S/C25H22ClN3O3/c1-16(27-24(30)18-9-7-17(8-10-18)15-32-2)23-28-22-6-4-3-5-21(22)25(31)29(23)20-13-11-19(26)12-14-20/h3-14,16H,15H2,1-2H3,(H,27,30). The van der Waals surface area contributed by atoms with Crippen molar-refractivity contribution in [3.63, 3.8) is 0 Å². The number of methoxy groups -OCH3 is 1. The summed E-state index contributed by atoms with van der Waals surface area (Å²) in [6.07, 6.45) is 0. The highest BCUT2D eigenvalue weighted by molar-refractivity contribution is 6.30. The first-order chi connectivity index (χ1) is 15.5. The fourth-order valence-electron chi connectivity index (χ4n) is 3.54. The number of ether oxygens (including phenoxy) is 1. The van der Waals surface area contributed by atoms with E-state index in [4.69, 9.17) is 21.3 Å². The van der Waals surface area contributed by atoms with Gasteiger partial charge in [-0.25, -0.2) is 4.98 Å². The zero-order chi connectivity index (χ0) is 22.7. The summed E-state index contributed by atoms with van der Waals surface area (Å²) in [5.74, 6) is 0.173. The van der Waals surface area contributed by atoms with Crippen molar-refractivity contribution in [1.29, 1.82) is 0 Å². The van der Waals surface area contributed by atoms with Gasteiger partial charge in [-0.15, -0.1) is 0 Å². The summed E-state index contributed by atoms with van der Waals surface area (Å²) in [7, 11) is 1.62. The molecule has 1 unspecified atom stereocenters. The maximum absolute atomic E-state index is 13.4. The van der Waals surface area contributed by atoms with E-state index in [1.54, 1.807) is 68.6 Å². The van der Waals surface area contributed by atoms with Gasteiger partial charge in [0.05, 0.1) is 29.2 Å². The minimum Gasteiger partial charge on any atom is -0.380 e. The number of nitrogens with one attached hydrogen (secondary N) is 1. The predicted molar refractivity (Wildman–Crippen MR) is 125 cm³/mol. The molecule has 7 heteroatoms.